The lowest BCUT2D eigenvalue weighted by Gasteiger charge is -2.39. The number of hydrogen-bond donors (Lipinski definition) is 0. The quantitative estimate of drug-likeness (QED) is 0.172. The molecule has 0 amide bonds. The molecule has 0 rings (SSSR count). The van der Waals surface area contributed by atoms with Gasteiger partial charge in [-0.15, -0.1) is 0 Å². The summed E-state index contributed by atoms with van der Waals surface area (Å²) in [6.07, 6.45) is 0. The lowest BCUT2D eigenvalue weighted by molar-refractivity contribution is 0.159. The summed E-state index contributed by atoms with van der Waals surface area (Å²) in [6, 6.07) is 0. The van der Waals surface area contributed by atoms with Crippen molar-refractivity contribution in [1.29, 1.82) is 0 Å². The third-order valence-electron chi connectivity index (χ3n) is 5.42. The van der Waals surface area contributed by atoms with E-state index in [9.17, 15) is 0 Å². The van der Waals surface area contributed by atoms with Crippen molar-refractivity contribution >= 4 is 69.0 Å². The van der Waals surface area contributed by atoms with Gasteiger partial charge in [-0.3, -0.25) is 0 Å². The van der Waals surface area contributed by atoms with E-state index in [0.717, 1.165) is 0 Å². The van der Waals surface area contributed by atoms with Crippen LogP contribution in [0.2, 0.25) is 91.7 Å². The van der Waals surface area contributed by atoms with Gasteiger partial charge in [-0.1, -0.05) is 0 Å². The molecule has 0 saturated carbocycles. The van der Waals surface area contributed by atoms with Gasteiger partial charge in [0.05, 0.1) is 0 Å². The van der Waals surface area contributed by atoms with E-state index < -0.39 is 69.0 Å². The van der Waals surface area contributed by atoms with E-state index in [0.29, 0.717) is 0 Å². The van der Waals surface area contributed by atoms with Crippen molar-refractivity contribution in [3.05, 3.63) is 0 Å². The zero-order valence-corrected chi connectivity index (χ0v) is 36.9. The van der Waals surface area contributed by atoms with E-state index in [-0.39, 0.29) is 0 Å². The molecule has 0 aliphatic rings. The first kappa shape index (κ1) is 43.4. The predicted molar refractivity (Wildman–Crippen MR) is 177 cm³/mol. The molecule has 244 valence electrons. The molecule has 0 aliphatic carbocycles. The molecule has 0 radical (unpaired) electrons. The predicted octanol–water partition coefficient (Wildman–Crippen LogP) is 5.30. The maximum atomic E-state index is 6.17. The molecule has 0 bridgehead atoms. The van der Waals surface area contributed by atoms with Crippen LogP contribution < -0.4 is 0 Å². The van der Waals surface area contributed by atoms with Crippen LogP contribution in [0.4, 0.5) is 0 Å². The summed E-state index contributed by atoms with van der Waals surface area (Å²) >= 11 is 0. The van der Waals surface area contributed by atoms with Crippen LogP contribution in [0.3, 0.4) is 0 Å². The minimum atomic E-state index is -2.79. The molecule has 0 spiro atoms. The summed E-state index contributed by atoms with van der Waals surface area (Å²) < 4.78 is 69.4. The second-order valence-corrected chi connectivity index (χ2v) is 39.6. The largest absolute Gasteiger partial charge is 0.479 e. The Morgan fingerprint density at radius 3 is 0.575 bits per heavy atom. The summed E-state index contributed by atoms with van der Waals surface area (Å²) in [7, 11) is -9.37. The Balaban J connectivity index is 0. The van der Waals surface area contributed by atoms with Crippen LogP contribution in [-0.2, 0) is 51.2 Å². The van der Waals surface area contributed by atoms with Crippen LogP contribution >= 0.6 is 0 Å². The molecule has 2 atom stereocenters. The normalized spacial score (nSPS) is 17.1. The van der Waals surface area contributed by atoms with E-state index in [2.05, 4.69) is 0 Å². The van der Waals surface area contributed by atoms with Crippen molar-refractivity contribution < 1.29 is 51.2 Å². The first-order chi connectivity index (χ1) is 17.6. The molecule has 40 heavy (non-hydrogen) atoms. The van der Waals surface area contributed by atoms with Gasteiger partial charge in [-0.25, -0.2) is 0 Å². The van der Waals surface area contributed by atoms with Crippen molar-refractivity contribution in [2.75, 3.05) is 42.7 Å². The number of hydrogen-bond acceptors (Lipinski definition) is 12. The van der Waals surface area contributed by atoms with E-state index in [1.807, 2.05) is 91.7 Å². The second-order valence-electron chi connectivity index (χ2n) is 12.0. The molecule has 0 heterocycles. The van der Waals surface area contributed by atoms with Crippen molar-refractivity contribution in [1.82, 2.24) is 0 Å². The third-order valence-corrected chi connectivity index (χ3v) is 32.5. The molecular weight excluding hydrogens is 657 g/mol. The van der Waals surface area contributed by atoms with Crippen molar-refractivity contribution in [3.63, 3.8) is 0 Å². The summed E-state index contributed by atoms with van der Waals surface area (Å²) in [5.74, 6) is 0. The monoisotopic (exact) mass is 716 g/mol. The molecule has 0 aromatic carbocycles. The van der Waals surface area contributed by atoms with Crippen molar-refractivity contribution in [3.8, 4) is 0 Å². The van der Waals surface area contributed by atoms with Crippen LogP contribution in [0, 0.1) is 0 Å². The highest BCUT2D eigenvalue weighted by atomic mass is 28.5. The molecule has 0 N–H and O–H groups in total. The Bertz CT molecular complexity index is 684. The summed E-state index contributed by atoms with van der Waals surface area (Å²) in [6.45, 7) is 27.5. The first-order valence-electron chi connectivity index (χ1n) is 13.1. The summed E-state index contributed by atoms with van der Waals surface area (Å²) in [5, 5.41) is 0. The van der Waals surface area contributed by atoms with Crippen molar-refractivity contribution in [2.24, 2.45) is 0 Å². The molecule has 0 fully saturated rings. The molecule has 0 aliphatic heterocycles. The highest BCUT2D eigenvalue weighted by Gasteiger charge is 2.50. The maximum absolute atomic E-state index is 6.17. The lowest BCUT2D eigenvalue weighted by atomic mass is 11.8. The minimum Gasteiger partial charge on any atom is -0.415 e. The Morgan fingerprint density at radius 1 is 0.225 bits per heavy atom. The van der Waals surface area contributed by atoms with Gasteiger partial charge in [0.15, 0.2) is 0 Å². The van der Waals surface area contributed by atoms with Crippen LogP contribution in [0.15, 0.2) is 0 Å². The van der Waals surface area contributed by atoms with Crippen LogP contribution in [0.1, 0.15) is 0 Å². The smallest absolute Gasteiger partial charge is 0.415 e. The van der Waals surface area contributed by atoms with Crippen LogP contribution in [0.25, 0.3) is 0 Å². The van der Waals surface area contributed by atoms with Gasteiger partial charge in [0.1, 0.15) is 0 Å². The highest BCUT2D eigenvalue weighted by molar-refractivity contribution is 6.87. The Morgan fingerprint density at radius 2 is 0.400 bits per heavy atom. The standard InChI is InChI=1S/2C10H30O6Si4/c2*1-11-17(4,5)14-19(8,9)16-20(10,13-3)15-18(6,7)12-2/h2*1-10H3. The summed E-state index contributed by atoms with van der Waals surface area (Å²) in [5.41, 5.74) is 0. The Hall–Kier alpha value is 1.26. The van der Waals surface area contributed by atoms with E-state index in [1.165, 1.54) is 0 Å². The SMILES string of the molecule is CO[Si](C)(C)O[Si](C)(C)O[Si](C)(OC)O[Si](C)(C)OC.CO[Si](C)(C)O[Si](C)(C)O[Si](C)(OC)O[Si](C)(C)OC. The Labute approximate surface area is 253 Å². The average molecular weight is 717 g/mol. The van der Waals surface area contributed by atoms with Gasteiger partial charge in [0, 0.05) is 55.8 Å². The van der Waals surface area contributed by atoms with Crippen LogP contribution in [0.5, 0.6) is 0 Å². The fourth-order valence-corrected chi connectivity index (χ4v) is 32.0. The summed E-state index contributed by atoms with van der Waals surface area (Å²) in [4.78, 5) is 0. The maximum Gasteiger partial charge on any atom is 0.479 e. The fraction of sp³-hybridized carbons (Fsp3) is 1.00. The van der Waals surface area contributed by atoms with Gasteiger partial charge in [-0.05, 0) is 78.6 Å². The number of rotatable bonds is 18. The molecular formula is C20H60O12Si8. The van der Waals surface area contributed by atoms with Crippen LogP contribution in [-0.4, -0.2) is 112 Å². The van der Waals surface area contributed by atoms with Gasteiger partial charge in [0.2, 0.25) is 0 Å². The van der Waals surface area contributed by atoms with Gasteiger partial charge in [-0.2, -0.15) is 0 Å². The average Bonchev–Trinajstić information content (AvgIpc) is 2.76. The topological polar surface area (TPSA) is 111 Å². The van der Waals surface area contributed by atoms with E-state index in [4.69, 9.17) is 51.2 Å². The lowest BCUT2D eigenvalue weighted by Crippen LogP contribution is -2.59. The van der Waals surface area contributed by atoms with Gasteiger partial charge in [0.25, 0.3) is 0 Å². The third kappa shape index (κ3) is 18.8. The van der Waals surface area contributed by atoms with E-state index in [1.54, 1.807) is 42.7 Å². The zero-order valence-electron chi connectivity index (χ0n) is 28.9. The zero-order chi connectivity index (χ0) is 32.5. The fourth-order valence-electron chi connectivity index (χ4n) is 3.39. The molecule has 20 heteroatoms. The molecule has 0 aromatic rings. The molecule has 12 nitrogen and oxygen atoms in total. The Kier molecular flexibility index (Phi) is 17.9. The van der Waals surface area contributed by atoms with E-state index >= 15 is 0 Å². The first-order valence-corrected chi connectivity index (χ1v) is 34.5. The van der Waals surface area contributed by atoms with Crippen molar-refractivity contribution in [2.45, 2.75) is 91.7 Å². The molecule has 0 aromatic heterocycles. The van der Waals surface area contributed by atoms with Gasteiger partial charge < -0.3 is 51.2 Å². The second kappa shape index (κ2) is 16.5. The molecule has 2 unspecified atom stereocenters. The molecule has 0 saturated heterocycles. The highest BCUT2D eigenvalue weighted by Crippen LogP contribution is 2.26. The minimum absolute atomic E-state index is 1.61. The van der Waals surface area contributed by atoms with Gasteiger partial charge >= 0.3 is 69.0 Å².